The van der Waals surface area contributed by atoms with Gasteiger partial charge in [0.25, 0.3) is 10.1 Å². The zero-order valence-corrected chi connectivity index (χ0v) is 81.8. The topological polar surface area (TPSA) is 253 Å². The molecule has 6 heterocycles. The summed E-state index contributed by atoms with van der Waals surface area (Å²) in [5.74, 6) is 12.9. The summed E-state index contributed by atoms with van der Waals surface area (Å²) in [6.45, 7) is 22.7. The number of aryl methyl sites for hydroxylation is 1. The second-order valence-electron chi connectivity index (χ2n) is 36.8. The fourth-order valence-corrected chi connectivity index (χ4v) is 19.8. The predicted octanol–water partition coefficient (Wildman–Crippen LogP) is 20.6. The van der Waals surface area contributed by atoms with Gasteiger partial charge in [0.1, 0.15) is 59.1 Å². The van der Waals surface area contributed by atoms with E-state index in [1.165, 1.54) is 89.9 Å². The van der Waals surface area contributed by atoms with Gasteiger partial charge in [0.15, 0.2) is 8.32 Å². The van der Waals surface area contributed by atoms with Gasteiger partial charge in [-0.2, -0.15) is 8.42 Å². The molecule has 6 unspecified atom stereocenters. The Hall–Kier alpha value is -3.79. The maximum atomic E-state index is 13.5. The summed E-state index contributed by atoms with van der Waals surface area (Å²) in [6.07, 6.45) is 42.8. The molecule has 1 aromatic carbocycles. The summed E-state index contributed by atoms with van der Waals surface area (Å²) < 4.78 is 145. The van der Waals surface area contributed by atoms with Gasteiger partial charge in [-0.3, -0.25) is 4.18 Å². The second kappa shape index (κ2) is 63.4. The molecule has 6 aliphatic rings. The Kier molecular flexibility index (Phi) is 55.7. The average Bonchev–Trinajstić information content (AvgIpc) is 1.49. The van der Waals surface area contributed by atoms with Crippen LogP contribution in [0.4, 0.5) is 0 Å². The molecule has 18 atom stereocenters. The molecule has 6 aliphatic heterocycles. The number of hydrogen-bond acceptors (Lipinski definition) is 24. The molecule has 0 saturated carbocycles. The number of esters is 2. The van der Waals surface area contributed by atoms with Crippen molar-refractivity contribution >= 4 is 30.4 Å². The van der Waals surface area contributed by atoms with Crippen molar-refractivity contribution < 1.29 is 112 Å². The first-order chi connectivity index (χ1) is 60.4. The number of methoxy groups -OCH3 is 6. The molecule has 0 N–H and O–H groups in total. The van der Waals surface area contributed by atoms with E-state index in [0.717, 1.165) is 140 Å². The predicted molar refractivity (Wildman–Crippen MR) is 489 cm³/mol. The molecule has 4 saturated heterocycles. The average molecular weight is 1800 g/mol. The van der Waals surface area contributed by atoms with Gasteiger partial charge in [0.2, 0.25) is 0 Å². The van der Waals surface area contributed by atoms with Crippen LogP contribution < -0.4 is 0 Å². The van der Waals surface area contributed by atoms with Crippen molar-refractivity contribution in [1.29, 1.82) is 0 Å². The molecular weight excluding hydrogens is 1630 g/mol. The largest absolute Gasteiger partial charge is 0.455 e. The van der Waals surface area contributed by atoms with Crippen LogP contribution in [0.25, 0.3) is 0 Å². The molecule has 0 aromatic heterocycles. The molecule has 718 valence electrons. The van der Waals surface area contributed by atoms with E-state index in [1.54, 1.807) is 66.9 Å². The summed E-state index contributed by atoms with van der Waals surface area (Å²) in [7, 11) is 3.77. The first kappa shape index (κ1) is 110. The Morgan fingerprint density at radius 2 is 0.784 bits per heavy atom. The number of benzene rings is 1. The lowest BCUT2D eigenvalue weighted by atomic mass is 9.99. The quantitative estimate of drug-likeness (QED) is 0.0147. The Morgan fingerprint density at radius 1 is 0.424 bits per heavy atom. The summed E-state index contributed by atoms with van der Waals surface area (Å²) in [4.78, 5) is 24.6. The number of carbonyl (C=O) groups excluding carboxylic acids is 2. The summed E-state index contributed by atoms with van der Waals surface area (Å²) in [5.41, 5.74) is 2.25. The van der Waals surface area contributed by atoms with Gasteiger partial charge < -0.3 is 89.7 Å². The van der Waals surface area contributed by atoms with Gasteiger partial charge in [0, 0.05) is 92.0 Å². The molecule has 0 aliphatic carbocycles. The highest BCUT2D eigenvalue weighted by atomic mass is 32.2. The number of carbonyl (C=O) groups is 2. The van der Waals surface area contributed by atoms with Gasteiger partial charge in [-0.1, -0.05) is 193 Å². The monoisotopic (exact) mass is 1800 g/mol. The van der Waals surface area contributed by atoms with Gasteiger partial charge in [-0.25, -0.2) is 9.59 Å². The smallest absolute Gasteiger partial charge is 0.334 e. The van der Waals surface area contributed by atoms with Gasteiger partial charge >= 0.3 is 11.9 Å². The van der Waals surface area contributed by atoms with Crippen LogP contribution in [0.5, 0.6) is 0 Å². The van der Waals surface area contributed by atoms with Crippen LogP contribution in [0.2, 0.25) is 18.1 Å². The molecule has 26 heteroatoms. The van der Waals surface area contributed by atoms with E-state index >= 15 is 0 Å². The number of hydrogen-bond donors (Lipinski definition) is 0. The molecule has 125 heavy (non-hydrogen) atoms. The standard InChI is InChI=1S/C50H84O13S.C49H84O11Si/c1-7-8-9-10-11-12-13-17-23-44(58-36-55-5)46-29-31-48(61-46)49-32-30-47(62-49)45(59-37-56-6)24-19-18-21-41(63-64(52,53)43-27-25-38(2)26-28-43)20-15-14-16-22-42(57-35-54-4)34-40-33-39(3)60-50(40)51;1-11-12-13-14-15-16-17-21-27-42(55-36-52-7)44-29-31-46(58-44)47-32-30-45(59-47)43(56-37-53-8)28-23-22-25-40(60-61(9,10)49(3,4)5)24-19-18-20-26-41(54-35-51-6)34-39-33-38(2)57-48(39)50/h25-28,33,39,41-42,44-49H,7-24,29-32,34-37H2,1-6H3;33,38,40-47H,11-17,19,21-22,24-27,29-32,34-37H2,1-10H3/t39-,41?,42?,44+,45?,46+,47+,48+,49+;38-,40?,41?,42+,43?,44+,45+,46+,47+/m00/s1. The van der Waals surface area contributed by atoms with Crippen molar-refractivity contribution in [1.82, 2.24) is 0 Å². The lowest BCUT2D eigenvalue weighted by Gasteiger charge is -2.39. The lowest BCUT2D eigenvalue weighted by Crippen LogP contribution is -2.43. The van der Waals surface area contributed by atoms with Gasteiger partial charge in [0.05, 0.1) is 90.4 Å². The van der Waals surface area contributed by atoms with Crippen LogP contribution in [0.15, 0.2) is 52.5 Å². The molecule has 0 radical (unpaired) electrons. The van der Waals surface area contributed by atoms with E-state index in [-0.39, 0.29) is 160 Å². The van der Waals surface area contributed by atoms with E-state index in [9.17, 15) is 18.0 Å². The Balaban J connectivity index is 0.000000387. The molecule has 24 nitrogen and oxygen atoms in total. The van der Waals surface area contributed by atoms with E-state index in [0.29, 0.717) is 56.1 Å². The third kappa shape index (κ3) is 43.2. The van der Waals surface area contributed by atoms with Crippen LogP contribution in [0.3, 0.4) is 0 Å². The third-order valence-electron chi connectivity index (χ3n) is 25.3. The highest BCUT2D eigenvalue weighted by Crippen LogP contribution is 2.41. The van der Waals surface area contributed by atoms with Crippen LogP contribution in [-0.2, 0) is 114 Å². The summed E-state index contributed by atoms with van der Waals surface area (Å²) >= 11 is 0. The minimum Gasteiger partial charge on any atom is -0.455 e. The molecule has 0 bridgehead atoms. The maximum absolute atomic E-state index is 13.5. The van der Waals surface area contributed by atoms with Crippen molar-refractivity contribution in [2.45, 2.75) is 458 Å². The molecule has 0 amide bonds. The SMILES string of the molecule is CCCCCCCCCC[C@@H](OCOC)[C@H]1CC[C@H]([C@H]2CC[C@H](C(C#CCCC(CCC#CCC(CC3=C[C@H](C)OC3=O)OCOC)O[Si](C)(C)C(C)(C)C)OCOC)O2)O1.CCCCCCCCCC[C@@H](OCOC)[C@H]1CC[C@H]([C@H]2CC[C@H](C(CCCCC(CCCCCC(CC3=C[C@H](C)OC3=O)OCOC)OS(=O)(=O)c3ccc(C)cc3)OCOC)O2)O1. The minimum atomic E-state index is -3.96. The van der Waals surface area contributed by atoms with Crippen molar-refractivity contribution in [3.8, 4) is 23.7 Å². The van der Waals surface area contributed by atoms with Crippen LogP contribution >= 0.6 is 0 Å². The minimum absolute atomic E-state index is 0.00132. The zero-order chi connectivity index (χ0) is 90.5. The van der Waals surface area contributed by atoms with Crippen LogP contribution in [0, 0.1) is 30.6 Å². The van der Waals surface area contributed by atoms with Crippen molar-refractivity contribution in [3.05, 3.63) is 53.1 Å². The Morgan fingerprint density at radius 3 is 1.22 bits per heavy atom. The first-order valence-electron chi connectivity index (χ1n) is 48.1. The molecule has 1 aromatic rings. The van der Waals surface area contributed by atoms with Crippen molar-refractivity contribution in [2.24, 2.45) is 0 Å². The second-order valence-corrected chi connectivity index (χ2v) is 43.1. The number of unbranched alkanes of at least 4 members (excludes halogenated alkanes) is 17. The summed E-state index contributed by atoms with van der Waals surface area (Å²) in [6, 6.07) is 6.78. The van der Waals surface area contributed by atoms with Crippen molar-refractivity contribution in [3.63, 3.8) is 0 Å². The van der Waals surface area contributed by atoms with Gasteiger partial charge in [-0.15, -0.1) is 17.8 Å². The number of ether oxygens (including phenoxy) is 18. The molecular formula is C99H168O24SSi. The van der Waals surface area contributed by atoms with E-state index in [1.807, 2.05) is 32.9 Å². The first-order valence-corrected chi connectivity index (χ1v) is 52.4. The highest BCUT2D eigenvalue weighted by molar-refractivity contribution is 7.86. The maximum Gasteiger partial charge on any atom is 0.334 e. The Labute approximate surface area is 756 Å². The third-order valence-corrected chi connectivity index (χ3v) is 31.2. The van der Waals surface area contributed by atoms with Gasteiger partial charge in [-0.05, 0) is 166 Å². The Bertz CT molecular complexity index is 3350. The number of rotatable bonds is 67. The number of cyclic esters (lactones) is 2. The normalized spacial score (nSPS) is 23.5. The van der Waals surface area contributed by atoms with E-state index in [2.05, 4.69) is 71.4 Å². The summed E-state index contributed by atoms with van der Waals surface area (Å²) in [5, 5.41) is 0.0751. The zero-order valence-electron chi connectivity index (χ0n) is 80.0. The molecule has 4 fully saturated rings. The highest BCUT2D eigenvalue weighted by Gasteiger charge is 2.45. The van der Waals surface area contributed by atoms with Crippen LogP contribution in [0.1, 0.15) is 324 Å². The molecule has 0 spiro atoms. The van der Waals surface area contributed by atoms with E-state index < -0.39 is 30.6 Å². The fraction of sp³-hybridized carbons (Fsp3) is 0.838. The lowest BCUT2D eigenvalue weighted by molar-refractivity contribution is -0.158. The fourth-order valence-electron chi connectivity index (χ4n) is 17.2. The van der Waals surface area contributed by atoms with Crippen molar-refractivity contribution in [2.75, 3.05) is 83.4 Å². The van der Waals surface area contributed by atoms with E-state index in [4.69, 9.17) is 93.9 Å². The molecule has 7 rings (SSSR count). The van der Waals surface area contributed by atoms with Crippen LogP contribution in [-0.4, -0.2) is 222 Å².